The number of benzene rings is 1. The number of aromatic nitrogens is 1. The van der Waals surface area contributed by atoms with Crippen LogP contribution in [0.3, 0.4) is 0 Å². The summed E-state index contributed by atoms with van der Waals surface area (Å²) < 4.78 is 0. The van der Waals surface area contributed by atoms with Crippen molar-refractivity contribution in [1.82, 2.24) is 9.88 Å². The minimum Gasteiger partial charge on any atom is -0.371 e. The summed E-state index contributed by atoms with van der Waals surface area (Å²) >= 11 is 6.16. The predicted molar refractivity (Wildman–Crippen MR) is 119 cm³/mol. The number of hydrogen-bond acceptors (Lipinski definition) is 4. The average Bonchev–Trinajstić information content (AvgIpc) is 2.69. The van der Waals surface area contributed by atoms with Gasteiger partial charge in [-0.25, -0.2) is 0 Å². The SMILES string of the molecule is CCN(CC)CCCN(CCCCCCN)c1ccnc2cc(Cl)ccc12. The first kappa shape index (κ1) is 21.9. The van der Waals surface area contributed by atoms with Gasteiger partial charge in [0.2, 0.25) is 0 Å². The summed E-state index contributed by atoms with van der Waals surface area (Å²) in [5, 5.41) is 1.92. The number of hydrogen-bond donors (Lipinski definition) is 1. The van der Waals surface area contributed by atoms with E-state index in [-0.39, 0.29) is 0 Å². The second-order valence-electron chi connectivity index (χ2n) is 7.06. The lowest BCUT2D eigenvalue weighted by molar-refractivity contribution is 0.300. The molecule has 0 atom stereocenters. The second-order valence-corrected chi connectivity index (χ2v) is 7.50. The highest BCUT2D eigenvalue weighted by molar-refractivity contribution is 6.31. The van der Waals surface area contributed by atoms with E-state index in [4.69, 9.17) is 17.3 Å². The Kier molecular flexibility index (Phi) is 9.89. The number of anilines is 1. The van der Waals surface area contributed by atoms with Crippen molar-refractivity contribution in [3.63, 3.8) is 0 Å². The molecule has 1 heterocycles. The molecule has 0 aliphatic heterocycles. The van der Waals surface area contributed by atoms with Gasteiger partial charge in [-0.3, -0.25) is 4.98 Å². The summed E-state index contributed by atoms with van der Waals surface area (Å²) in [5.41, 5.74) is 7.87. The lowest BCUT2D eigenvalue weighted by atomic mass is 10.1. The molecule has 2 rings (SSSR count). The monoisotopic (exact) mass is 390 g/mol. The van der Waals surface area contributed by atoms with E-state index in [0.717, 1.165) is 56.2 Å². The molecule has 2 aromatic rings. The molecular formula is C22H35ClN4. The van der Waals surface area contributed by atoms with Gasteiger partial charge in [0.05, 0.1) is 5.52 Å². The van der Waals surface area contributed by atoms with Crippen molar-refractivity contribution >= 4 is 28.2 Å². The largest absolute Gasteiger partial charge is 0.371 e. The van der Waals surface area contributed by atoms with E-state index in [2.05, 4.69) is 40.8 Å². The highest BCUT2D eigenvalue weighted by Gasteiger charge is 2.12. The summed E-state index contributed by atoms with van der Waals surface area (Å²) in [5.74, 6) is 0. The topological polar surface area (TPSA) is 45.4 Å². The third-order valence-electron chi connectivity index (χ3n) is 5.20. The summed E-state index contributed by atoms with van der Waals surface area (Å²) in [6.45, 7) is 10.8. The van der Waals surface area contributed by atoms with Crippen LogP contribution in [0.2, 0.25) is 5.02 Å². The molecule has 1 aromatic heterocycles. The fourth-order valence-electron chi connectivity index (χ4n) is 3.56. The first-order valence-electron chi connectivity index (χ1n) is 10.4. The summed E-state index contributed by atoms with van der Waals surface area (Å²) in [7, 11) is 0. The van der Waals surface area contributed by atoms with E-state index < -0.39 is 0 Å². The molecule has 1 aromatic carbocycles. The van der Waals surface area contributed by atoms with Gasteiger partial charge in [0.15, 0.2) is 0 Å². The fraction of sp³-hybridized carbons (Fsp3) is 0.591. The number of pyridine rings is 1. The molecule has 0 aliphatic carbocycles. The highest BCUT2D eigenvalue weighted by atomic mass is 35.5. The van der Waals surface area contributed by atoms with Gasteiger partial charge >= 0.3 is 0 Å². The molecule has 2 N–H and O–H groups in total. The fourth-order valence-corrected chi connectivity index (χ4v) is 3.73. The molecule has 0 aliphatic rings. The van der Waals surface area contributed by atoms with E-state index >= 15 is 0 Å². The molecule has 0 unspecified atom stereocenters. The summed E-state index contributed by atoms with van der Waals surface area (Å²) in [6, 6.07) is 8.17. The zero-order valence-electron chi connectivity index (χ0n) is 17.0. The van der Waals surface area contributed by atoms with Gasteiger partial charge in [0, 0.05) is 35.4 Å². The van der Waals surface area contributed by atoms with E-state index in [1.807, 2.05) is 18.3 Å². The first-order chi connectivity index (χ1) is 13.2. The standard InChI is InChI=1S/C22H35ClN4/c1-3-26(4-2)15-9-17-27(16-8-6-5-7-13-24)22-12-14-25-21-18-19(23)10-11-20(21)22/h10-12,14,18H,3-9,13,15-17,24H2,1-2H3. The van der Waals surface area contributed by atoms with E-state index in [1.165, 1.54) is 36.8 Å². The molecule has 0 bridgehead atoms. The van der Waals surface area contributed by atoms with Crippen molar-refractivity contribution in [2.45, 2.75) is 46.0 Å². The van der Waals surface area contributed by atoms with Crippen molar-refractivity contribution in [3.05, 3.63) is 35.5 Å². The van der Waals surface area contributed by atoms with E-state index in [9.17, 15) is 0 Å². The van der Waals surface area contributed by atoms with Crippen LogP contribution in [0, 0.1) is 0 Å². The van der Waals surface area contributed by atoms with Crippen LogP contribution in [0.4, 0.5) is 5.69 Å². The molecule has 27 heavy (non-hydrogen) atoms. The molecule has 0 fully saturated rings. The summed E-state index contributed by atoms with van der Waals surface area (Å²) in [6.07, 6.45) is 7.85. The number of halogens is 1. The molecule has 0 radical (unpaired) electrons. The van der Waals surface area contributed by atoms with Gasteiger partial charge in [-0.15, -0.1) is 0 Å². The minimum atomic E-state index is 0.738. The smallest absolute Gasteiger partial charge is 0.0737 e. The van der Waals surface area contributed by atoms with Crippen LogP contribution in [0.1, 0.15) is 46.0 Å². The summed E-state index contributed by atoms with van der Waals surface area (Å²) in [4.78, 5) is 9.53. The maximum Gasteiger partial charge on any atom is 0.0737 e. The predicted octanol–water partition coefficient (Wildman–Crippen LogP) is 4.95. The molecule has 5 heteroatoms. The molecule has 150 valence electrons. The Bertz CT molecular complexity index is 672. The Balaban J connectivity index is 2.10. The van der Waals surface area contributed by atoms with Gasteiger partial charge in [-0.1, -0.05) is 38.3 Å². The van der Waals surface area contributed by atoms with Crippen molar-refractivity contribution in [1.29, 1.82) is 0 Å². The normalized spacial score (nSPS) is 11.4. The van der Waals surface area contributed by atoms with Crippen LogP contribution in [0.15, 0.2) is 30.5 Å². The van der Waals surface area contributed by atoms with Gasteiger partial charge in [0.1, 0.15) is 0 Å². The minimum absolute atomic E-state index is 0.738. The van der Waals surface area contributed by atoms with Gasteiger partial charge < -0.3 is 15.5 Å². The first-order valence-corrected chi connectivity index (χ1v) is 10.8. The molecule has 0 saturated heterocycles. The number of nitrogens with zero attached hydrogens (tertiary/aromatic N) is 3. The molecule has 4 nitrogen and oxygen atoms in total. The van der Waals surface area contributed by atoms with Crippen LogP contribution in [0.5, 0.6) is 0 Å². The highest BCUT2D eigenvalue weighted by Crippen LogP contribution is 2.28. The third kappa shape index (κ3) is 6.95. The Hall–Kier alpha value is -1.36. The van der Waals surface area contributed by atoms with Gasteiger partial charge in [-0.05, 0) is 69.7 Å². The van der Waals surface area contributed by atoms with Crippen molar-refractivity contribution in [2.24, 2.45) is 5.73 Å². The van der Waals surface area contributed by atoms with Crippen LogP contribution < -0.4 is 10.6 Å². The lowest BCUT2D eigenvalue weighted by Gasteiger charge is -2.27. The maximum atomic E-state index is 6.16. The third-order valence-corrected chi connectivity index (χ3v) is 5.44. The van der Waals surface area contributed by atoms with Crippen LogP contribution in [0.25, 0.3) is 10.9 Å². The quantitative estimate of drug-likeness (QED) is 0.492. The van der Waals surface area contributed by atoms with E-state index in [1.54, 1.807) is 0 Å². The zero-order chi connectivity index (χ0) is 19.5. The van der Waals surface area contributed by atoms with Gasteiger partial charge in [-0.2, -0.15) is 0 Å². The second kappa shape index (κ2) is 12.2. The number of nitrogens with two attached hydrogens (primary N) is 1. The number of rotatable bonds is 13. The Morgan fingerprint density at radius 3 is 2.41 bits per heavy atom. The number of unbranched alkanes of at least 4 members (excludes halogenated alkanes) is 3. The molecule has 0 amide bonds. The van der Waals surface area contributed by atoms with E-state index in [0.29, 0.717) is 0 Å². The van der Waals surface area contributed by atoms with Crippen LogP contribution in [-0.2, 0) is 0 Å². The van der Waals surface area contributed by atoms with Crippen molar-refractivity contribution in [3.8, 4) is 0 Å². The van der Waals surface area contributed by atoms with Crippen molar-refractivity contribution in [2.75, 3.05) is 44.2 Å². The van der Waals surface area contributed by atoms with Gasteiger partial charge in [0.25, 0.3) is 0 Å². The maximum absolute atomic E-state index is 6.16. The molecule has 0 saturated carbocycles. The van der Waals surface area contributed by atoms with Crippen LogP contribution in [-0.4, -0.2) is 49.2 Å². The zero-order valence-corrected chi connectivity index (χ0v) is 17.7. The average molecular weight is 391 g/mol. The van der Waals surface area contributed by atoms with Crippen LogP contribution >= 0.6 is 11.6 Å². The molecule has 0 spiro atoms. The molecular weight excluding hydrogens is 356 g/mol. The lowest BCUT2D eigenvalue weighted by Crippen LogP contribution is -2.31. The van der Waals surface area contributed by atoms with Crippen molar-refractivity contribution < 1.29 is 0 Å². The Morgan fingerprint density at radius 1 is 0.926 bits per heavy atom. The Labute approximate surface area is 169 Å². The number of fused-ring (bicyclic) bond motifs is 1. The Morgan fingerprint density at radius 2 is 1.67 bits per heavy atom.